The van der Waals surface area contributed by atoms with Crippen LogP contribution in [-0.2, 0) is 6.54 Å². The van der Waals surface area contributed by atoms with Crippen LogP contribution in [-0.4, -0.2) is 10.6 Å². The van der Waals surface area contributed by atoms with Gasteiger partial charge in [0.25, 0.3) is 5.56 Å². The molecule has 0 aromatic carbocycles. The first-order chi connectivity index (χ1) is 7.75. The van der Waals surface area contributed by atoms with Crippen molar-refractivity contribution in [1.29, 1.82) is 0 Å². The number of rotatable bonds is 4. The fraction of sp³-hybridized carbons (Fsp3) is 0.615. The van der Waals surface area contributed by atoms with Gasteiger partial charge in [0.2, 0.25) is 0 Å². The van der Waals surface area contributed by atoms with E-state index in [0.29, 0.717) is 12.1 Å². The molecular weight excluding hydrogens is 200 g/mol. The Morgan fingerprint density at radius 2 is 2.06 bits per heavy atom. The molecule has 0 aliphatic heterocycles. The first-order valence-corrected chi connectivity index (χ1v) is 6.20. The molecule has 1 N–H and O–H groups in total. The first-order valence-electron chi connectivity index (χ1n) is 6.20. The molecule has 1 heterocycles. The van der Waals surface area contributed by atoms with Crippen LogP contribution in [0.15, 0.2) is 16.9 Å². The van der Waals surface area contributed by atoms with Crippen LogP contribution >= 0.6 is 0 Å². The molecule has 0 unspecified atom stereocenters. The molecule has 86 valence electrons. The summed E-state index contributed by atoms with van der Waals surface area (Å²) in [5.74, 6) is 0. The maximum Gasteiger partial charge on any atom is 0.255 e. The van der Waals surface area contributed by atoms with Gasteiger partial charge in [0.1, 0.15) is 0 Å². The van der Waals surface area contributed by atoms with Crippen LogP contribution in [0.3, 0.4) is 0 Å². The van der Waals surface area contributed by atoms with Crippen LogP contribution in [0.1, 0.15) is 43.0 Å². The summed E-state index contributed by atoms with van der Waals surface area (Å²) in [7, 11) is 0. The largest absolute Gasteiger partial charge is 0.310 e. The van der Waals surface area contributed by atoms with Crippen LogP contribution in [0.4, 0.5) is 0 Å². The van der Waals surface area contributed by atoms with Crippen molar-refractivity contribution in [3.8, 4) is 0 Å². The molecule has 3 heteroatoms. The number of nitrogens with zero attached hydrogens (tertiary/aromatic N) is 1. The predicted molar refractivity (Wildman–Crippen MR) is 63.6 cm³/mol. The minimum atomic E-state index is 0.218. The Balaban J connectivity index is 1.86. The van der Waals surface area contributed by atoms with Crippen LogP contribution in [0.5, 0.6) is 0 Å². The summed E-state index contributed by atoms with van der Waals surface area (Å²) in [4.78, 5) is 12.2. The maximum atomic E-state index is 12.2. The quantitative estimate of drug-likeness (QED) is 0.835. The van der Waals surface area contributed by atoms with Crippen molar-refractivity contribution in [2.45, 2.75) is 51.2 Å². The lowest BCUT2D eigenvalue weighted by molar-refractivity contribution is 0.639. The zero-order valence-corrected chi connectivity index (χ0v) is 9.70. The SMILES string of the molecule is Cc1ccc(CNC2CC2)c(=O)n1C1CC1. The lowest BCUT2D eigenvalue weighted by atomic mass is 10.2. The summed E-state index contributed by atoms with van der Waals surface area (Å²) >= 11 is 0. The minimum Gasteiger partial charge on any atom is -0.310 e. The van der Waals surface area contributed by atoms with E-state index in [1.807, 2.05) is 17.6 Å². The van der Waals surface area contributed by atoms with E-state index >= 15 is 0 Å². The zero-order valence-electron chi connectivity index (χ0n) is 9.70. The van der Waals surface area contributed by atoms with Crippen molar-refractivity contribution in [1.82, 2.24) is 9.88 Å². The second-order valence-electron chi connectivity index (χ2n) is 5.06. The standard InChI is InChI=1S/C13H18N2O/c1-9-2-3-10(8-14-11-4-5-11)13(16)15(9)12-6-7-12/h2-3,11-12,14H,4-8H2,1H3. The van der Waals surface area contributed by atoms with Gasteiger partial charge in [-0.3, -0.25) is 4.79 Å². The molecule has 3 nitrogen and oxygen atoms in total. The Morgan fingerprint density at radius 1 is 1.31 bits per heavy atom. The third-order valence-electron chi connectivity index (χ3n) is 3.47. The fourth-order valence-corrected chi connectivity index (χ4v) is 2.15. The van der Waals surface area contributed by atoms with Gasteiger partial charge in [0.15, 0.2) is 0 Å². The van der Waals surface area contributed by atoms with Crippen molar-refractivity contribution in [3.63, 3.8) is 0 Å². The van der Waals surface area contributed by atoms with Crippen molar-refractivity contribution >= 4 is 0 Å². The van der Waals surface area contributed by atoms with Gasteiger partial charge in [0.05, 0.1) is 0 Å². The molecule has 0 bridgehead atoms. The Hall–Kier alpha value is -1.09. The van der Waals surface area contributed by atoms with Crippen molar-refractivity contribution in [3.05, 3.63) is 33.7 Å². The van der Waals surface area contributed by atoms with Crippen molar-refractivity contribution < 1.29 is 0 Å². The molecule has 0 atom stereocenters. The van der Waals surface area contributed by atoms with Crippen LogP contribution in [0.25, 0.3) is 0 Å². The number of hydrogen-bond acceptors (Lipinski definition) is 2. The lowest BCUT2D eigenvalue weighted by Gasteiger charge is -2.11. The number of aromatic nitrogens is 1. The summed E-state index contributed by atoms with van der Waals surface area (Å²) in [6.45, 7) is 2.76. The highest BCUT2D eigenvalue weighted by Crippen LogP contribution is 2.34. The second kappa shape index (κ2) is 3.74. The summed E-state index contributed by atoms with van der Waals surface area (Å²) in [5.41, 5.74) is 2.24. The van der Waals surface area contributed by atoms with E-state index in [4.69, 9.17) is 0 Å². The molecular formula is C13H18N2O. The lowest BCUT2D eigenvalue weighted by Crippen LogP contribution is -2.28. The molecule has 3 rings (SSSR count). The van der Waals surface area contributed by atoms with E-state index in [2.05, 4.69) is 11.4 Å². The Kier molecular flexibility index (Phi) is 2.36. The summed E-state index contributed by atoms with van der Waals surface area (Å²) in [6.07, 6.45) is 4.87. The third-order valence-corrected chi connectivity index (χ3v) is 3.47. The van der Waals surface area contributed by atoms with Crippen molar-refractivity contribution in [2.24, 2.45) is 0 Å². The summed E-state index contributed by atoms with van der Waals surface area (Å²) in [5, 5.41) is 3.41. The van der Waals surface area contributed by atoms with Gasteiger partial charge >= 0.3 is 0 Å². The van der Waals surface area contributed by atoms with Crippen LogP contribution in [0.2, 0.25) is 0 Å². The summed E-state index contributed by atoms with van der Waals surface area (Å²) < 4.78 is 1.98. The highest BCUT2D eigenvalue weighted by Gasteiger charge is 2.27. The normalized spacial score (nSPS) is 20.1. The van der Waals surface area contributed by atoms with Gasteiger partial charge in [0, 0.05) is 29.9 Å². The highest BCUT2D eigenvalue weighted by atomic mass is 16.1. The van der Waals surface area contributed by atoms with Gasteiger partial charge in [-0.05, 0) is 38.7 Å². The van der Waals surface area contributed by atoms with E-state index in [0.717, 1.165) is 17.8 Å². The topological polar surface area (TPSA) is 34.0 Å². The Bertz CT molecular complexity index is 455. The molecule has 1 aromatic heterocycles. The number of nitrogens with one attached hydrogen (secondary N) is 1. The van der Waals surface area contributed by atoms with Crippen molar-refractivity contribution in [2.75, 3.05) is 0 Å². The molecule has 0 spiro atoms. The van der Waals surface area contributed by atoms with Gasteiger partial charge in [-0.25, -0.2) is 0 Å². The average molecular weight is 218 g/mol. The molecule has 2 saturated carbocycles. The smallest absolute Gasteiger partial charge is 0.255 e. The molecule has 2 aliphatic carbocycles. The van der Waals surface area contributed by atoms with Gasteiger partial charge in [-0.15, -0.1) is 0 Å². The third kappa shape index (κ3) is 1.92. The van der Waals surface area contributed by atoms with E-state index in [1.165, 1.54) is 25.7 Å². The number of hydrogen-bond donors (Lipinski definition) is 1. The number of pyridine rings is 1. The zero-order chi connectivity index (χ0) is 11.1. The average Bonchev–Trinajstić information content (AvgIpc) is 3.12. The maximum absolute atomic E-state index is 12.2. The molecule has 1 aromatic rings. The predicted octanol–water partition coefficient (Wildman–Crippen LogP) is 1.74. The molecule has 0 radical (unpaired) electrons. The van der Waals surface area contributed by atoms with Gasteiger partial charge in [-0.1, -0.05) is 6.07 Å². The van der Waals surface area contributed by atoms with E-state index in [9.17, 15) is 4.79 Å². The van der Waals surface area contributed by atoms with E-state index in [-0.39, 0.29) is 5.56 Å². The highest BCUT2D eigenvalue weighted by molar-refractivity contribution is 5.17. The minimum absolute atomic E-state index is 0.218. The molecule has 16 heavy (non-hydrogen) atoms. The second-order valence-corrected chi connectivity index (χ2v) is 5.06. The Morgan fingerprint density at radius 3 is 2.69 bits per heavy atom. The molecule has 2 aliphatic rings. The molecule has 2 fully saturated rings. The van der Waals surface area contributed by atoms with Gasteiger partial charge in [-0.2, -0.15) is 0 Å². The van der Waals surface area contributed by atoms with Crippen LogP contribution in [0, 0.1) is 6.92 Å². The molecule has 0 amide bonds. The van der Waals surface area contributed by atoms with Gasteiger partial charge < -0.3 is 9.88 Å². The monoisotopic (exact) mass is 218 g/mol. The first kappa shape index (κ1) is 10.1. The van der Waals surface area contributed by atoms with E-state index < -0.39 is 0 Å². The molecule has 0 saturated heterocycles. The van der Waals surface area contributed by atoms with E-state index in [1.54, 1.807) is 0 Å². The summed E-state index contributed by atoms with van der Waals surface area (Å²) in [6, 6.07) is 5.19. The fourth-order valence-electron chi connectivity index (χ4n) is 2.15. The Labute approximate surface area is 95.5 Å². The number of aryl methyl sites for hydroxylation is 1. The van der Waals surface area contributed by atoms with Crippen LogP contribution < -0.4 is 10.9 Å².